The van der Waals surface area contributed by atoms with Gasteiger partial charge in [0.25, 0.3) is 5.91 Å². The molecular formula is C13H15ClINO3. The van der Waals surface area contributed by atoms with Gasteiger partial charge in [-0.15, -0.1) is 0 Å². The van der Waals surface area contributed by atoms with E-state index >= 15 is 0 Å². The van der Waals surface area contributed by atoms with Crippen LogP contribution in [0.5, 0.6) is 0 Å². The van der Waals surface area contributed by atoms with E-state index in [4.69, 9.17) is 16.7 Å². The van der Waals surface area contributed by atoms with Crippen molar-refractivity contribution < 1.29 is 14.7 Å². The topological polar surface area (TPSA) is 66.4 Å². The highest BCUT2D eigenvalue weighted by Crippen LogP contribution is 2.20. The molecule has 0 aliphatic heterocycles. The minimum Gasteiger partial charge on any atom is -0.480 e. The lowest BCUT2D eigenvalue weighted by atomic mass is 9.99. The second-order valence-corrected chi connectivity index (χ2v) is 5.87. The smallest absolute Gasteiger partial charge is 0.326 e. The van der Waals surface area contributed by atoms with E-state index in [1.54, 1.807) is 19.1 Å². The number of carboxylic acids is 1. The monoisotopic (exact) mass is 395 g/mol. The molecule has 4 nitrogen and oxygen atoms in total. The van der Waals surface area contributed by atoms with Crippen molar-refractivity contribution in [2.45, 2.75) is 26.3 Å². The number of carbonyl (C=O) groups is 2. The number of amides is 1. The lowest BCUT2D eigenvalue weighted by molar-refractivity contribution is -0.140. The average molecular weight is 396 g/mol. The van der Waals surface area contributed by atoms with Crippen molar-refractivity contribution in [3.05, 3.63) is 32.4 Å². The molecule has 1 aromatic carbocycles. The van der Waals surface area contributed by atoms with Crippen LogP contribution in [-0.2, 0) is 4.79 Å². The highest BCUT2D eigenvalue weighted by Gasteiger charge is 2.25. The van der Waals surface area contributed by atoms with Crippen LogP contribution in [-0.4, -0.2) is 23.0 Å². The van der Waals surface area contributed by atoms with Gasteiger partial charge >= 0.3 is 5.97 Å². The van der Waals surface area contributed by atoms with Gasteiger partial charge in [-0.1, -0.05) is 31.9 Å². The number of benzene rings is 1. The third-order valence-electron chi connectivity index (χ3n) is 2.95. The van der Waals surface area contributed by atoms with E-state index in [0.29, 0.717) is 17.0 Å². The molecular weight excluding hydrogens is 381 g/mol. The second-order valence-electron chi connectivity index (χ2n) is 4.30. The maximum Gasteiger partial charge on any atom is 0.326 e. The van der Waals surface area contributed by atoms with Crippen LogP contribution in [0.4, 0.5) is 0 Å². The number of hydrogen-bond acceptors (Lipinski definition) is 2. The summed E-state index contributed by atoms with van der Waals surface area (Å²) >= 11 is 8.00. The Balaban J connectivity index is 2.87. The number of carboxylic acid groups (broad SMARTS) is 1. The van der Waals surface area contributed by atoms with Crippen molar-refractivity contribution in [3.8, 4) is 0 Å². The van der Waals surface area contributed by atoms with Gasteiger partial charge in [0.2, 0.25) is 0 Å². The molecule has 0 aliphatic rings. The van der Waals surface area contributed by atoms with E-state index < -0.39 is 17.9 Å². The first-order valence-corrected chi connectivity index (χ1v) is 7.31. The summed E-state index contributed by atoms with van der Waals surface area (Å²) in [7, 11) is 0. The summed E-state index contributed by atoms with van der Waals surface area (Å²) in [6.45, 7) is 3.68. The first-order valence-electron chi connectivity index (χ1n) is 5.85. The number of aliphatic carboxylic acids is 1. The molecule has 0 spiro atoms. The van der Waals surface area contributed by atoms with Gasteiger partial charge in [-0.3, -0.25) is 4.79 Å². The minimum atomic E-state index is -1.03. The van der Waals surface area contributed by atoms with E-state index in [0.717, 1.165) is 3.57 Å². The van der Waals surface area contributed by atoms with Gasteiger partial charge in [0.05, 0.1) is 5.02 Å². The minimum absolute atomic E-state index is 0.138. The van der Waals surface area contributed by atoms with Gasteiger partial charge in [-0.2, -0.15) is 0 Å². The Bertz CT molecular complexity index is 493. The van der Waals surface area contributed by atoms with E-state index in [1.165, 1.54) is 6.07 Å². The van der Waals surface area contributed by atoms with Crippen molar-refractivity contribution in [2.24, 2.45) is 5.92 Å². The van der Waals surface area contributed by atoms with Gasteiger partial charge < -0.3 is 10.4 Å². The summed E-state index contributed by atoms with van der Waals surface area (Å²) < 4.78 is 0.840. The van der Waals surface area contributed by atoms with E-state index in [2.05, 4.69) is 27.9 Å². The Morgan fingerprint density at radius 1 is 1.47 bits per heavy atom. The van der Waals surface area contributed by atoms with Gasteiger partial charge in [0.15, 0.2) is 0 Å². The highest BCUT2D eigenvalue weighted by atomic mass is 127. The lowest BCUT2D eigenvalue weighted by Crippen LogP contribution is -2.45. The molecule has 2 N–H and O–H groups in total. The molecule has 104 valence electrons. The molecule has 1 amide bonds. The number of hydrogen-bond donors (Lipinski definition) is 2. The Kier molecular flexibility index (Phi) is 6.06. The molecule has 6 heteroatoms. The summed E-state index contributed by atoms with van der Waals surface area (Å²) in [5.41, 5.74) is 0.361. The molecule has 0 saturated carbocycles. The van der Waals surface area contributed by atoms with E-state index in [1.807, 2.05) is 6.92 Å². The van der Waals surface area contributed by atoms with Gasteiger partial charge in [0, 0.05) is 9.13 Å². The fourth-order valence-corrected chi connectivity index (χ4v) is 2.06. The van der Waals surface area contributed by atoms with Crippen LogP contribution < -0.4 is 5.32 Å². The quantitative estimate of drug-likeness (QED) is 0.753. The van der Waals surface area contributed by atoms with Crippen molar-refractivity contribution in [3.63, 3.8) is 0 Å². The Hall–Kier alpha value is -0.820. The maximum absolute atomic E-state index is 12.0. The first-order chi connectivity index (χ1) is 8.86. The third kappa shape index (κ3) is 4.35. The molecule has 2 atom stereocenters. The molecule has 2 unspecified atom stereocenters. The van der Waals surface area contributed by atoms with Gasteiger partial charge in [-0.25, -0.2) is 4.79 Å². The maximum atomic E-state index is 12.0. The Morgan fingerprint density at radius 2 is 2.11 bits per heavy atom. The predicted octanol–water partition coefficient (Wildman–Crippen LogP) is 3.17. The van der Waals surface area contributed by atoms with Crippen LogP contribution in [0, 0.1) is 9.49 Å². The molecule has 0 fully saturated rings. The number of halogens is 2. The largest absolute Gasteiger partial charge is 0.480 e. The van der Waals surface area contributed by atoms with Crippen LogP contribution in [0.25, 0.3) is 0 Å². The summed E-state index contributed by atoms with van der Waals surface area (Å²) in [5, 5.41) is 12.1. The fraction of sp³-hybridized carbons (Fsp3) is 0.385. The Labute approximate surface area is 130 Å². The summed E-state index contributed by atoms with van der Waals surface area (Å²) in [6, 6.07) is 3.99. The molecule has 1 aromatic rings. The van der Waals surface area contributed by atoms with Crippen LogP contribution in [0.15, 0.2) is 18.2 Å². The van der Waals surface area contributed by atoms with Crippen molar-refractivity contribution in [1.82, 2.24) is 5.32 Å². The summed E-state index contributed by atoms with van der Waals surface area (Å²) in [4.78, 5) is 23.2. The van der Waals surface area contributed by atoms with Crippen LogP contribution in [0.2, 0.25) is 5.02 Å². The second kappa shape index (κ2) is 7.09. The summed E-state index contributed by atoms with van der Waals surface area (Å²) in [5.74, 6) is -1.59. The van der Waals surface area contributed by atoms with Crippen molar-refractivity contribution in [2.75, 3.05) is 0 Å². The number of carbonyl (C=O) groups excluding carboxylic acids is 1. The average Bonchev–Trinajstić information content (AvgIpc) is 2.37. The van der Waals surface area contributed by atoms with Crippen LogP contribution in [0.1, 0.15) is 30.6 Å². The molecule has 0 aromatic heterocycles. The number of rotatable bonds is 5. The number of nitrogens with one attached hydrogen (secondary N) is 1. The van der Waals surface area contributed by atoms with Crippen molar-refractivity contribution in [1.29, 1.82) is 0 Å². The van der Waals surface area contributed by atoms with Gasteiger partial charge in [0.1, 0.15) is 6.04 Å². The molecule has 0 saturated heterocycles. The zero-order valence-corrected chi connectivity index (χ0v) is 13.5. The molecule has 1 rings (SSSR count). The lowest BCUT2D eigenvalue weighted by Gasteiger charge is -2.20. The standard InChI is InChI=1S/C13H15ClINO3/c1-3-7(2)11(13(18)19)16-12(17)8-4-5-10(15)9(14)6-8/h4-7,11H,3H2,1-2H3,(H,16,17)(H,18,19). The Morgan fingerprint density at radius 3 is 2.58 bits per heavy atom. The summed E-state index contributed by atoms with van der Waals surface area (Å²) in [6.07, 6.45) is 0.671. The zero-order chi connectivity index (χ0) is 14.6. The zero-order valence-electron chi connectivity index (χ0n) is 10.6. The van der Waals surface area contributed by atoms with E-state index in [-0.39, 0.29) is 5.92 Å². The molecule has 0 heterocycles. The molecule has 0 radical (unpaired) electrons. The first kappa shape index (κ1) is 16.2. The van der Waals surface area contributed by atoms with E-state index in [9.17, 15) is 9.59 Å². The fourth-order valence-electron chi connectivity index (χ4n) is 1.55. The normalized spacial score (nSPS) is 13.7. The van der Waals surface area contributed by atoms with Crippen LogP contribution in [0.3, 0.4) is 0 Å². The highest BCUT2D eigenvalue weighted by molar-refractivity contribution is 14.1. The van der Waals surface area contributed by atoms with Crippen molar-refractivity contribution >= 4 is 46.1 Å². The molecule has 19 heavy (non-hydrogen) atoms. The molecule has 0 aliphatic carbocycles. The third-order valence-corrected chi connectivity index (χ3v) is 4.52. The van der Waals surface area contributed by atoms with Crippen LogP contribution >= 0.6 is 34.2 Å². The van der Waals surface area contributed by atoms with Gasteiger partial charge in [-0.05, 0) is 46.7 Å². The SMILES string of the molecule is CCC(C)C(NC(=O)c1ccc(I)c(Cl)c1)C(=O)O. The predicted molar refractivity (Wildman–Crippen MR) is 82.5 cm³/mol. The molecule has 0 bridgehead atoms.